The molecule has 4 nitrogen and oxygen atoms in total. The Hall–Kier alpha value is -0.610. The first-order chi connectivity index (χ1) is 8.62. The van der Waals surface area contributed by atoms with Gasteiger partial charge in [0.15, 0.2) is 0 Å². The summed E-state index contributed by atoms with van der Waals surface area (Å²) in [5.74, 6) is 1.46. The quantitative estimate of drug-likeness (QED) is 0.824. The van der Waals surface area contributed by atoms with Gasteiger partial charge in [-0.05, 0) is 37.5 Å². The number of carbonyl (C=O) groups excluding carboxylic acids is 1. The lowest BCUT2D eigenvalue weighted by Crippen LogP contribution is -2.44. The molecule has 0 aromatic carbocycles. The van der Waals surface area contributed by atoms with Crippen molar-refractivity contribution in [1.29, 1.82) is 0 Å². The molecule has 0 aromatic heterocycles. The smallest absolute Gasteiger partial charge is 0.244 e. The number of ether oxygens (including phenoxy) is 1. The summed E-state index contributed by atoms with van der Waals surface area (Å²) in [7, 11) is 0. The highest BCUT2D eigenvalue weighted by Gasteiger charge is 2.59. The van der Waals surface area contributed by atoms with E-state index in [1.807, 2.05) is 0 Å². The lowest BCUT2D eigenvalue weighted by molar-refractivity contribution is -0.132. The summed E-state index contributed by atoms with van der Waals surface area (Å²) < 4.78 is 5.40. The van der Waals surface area contributed by atoms with Gasteiger partial charge in [0.1, 0.15) is 0 Å². The largest absolute Gasteiger partial charge is 0.381 e. The zero-order valence-corrected chi connectivity index (χ0v) is 11.4. The topological polar surface area (TPSA) is 41.6 Å². The molecule has 0 bridgehead atoms. The fourth-order valence-electron chi connectivity index (χ4n) is 3.24. The average Bonchev–Trinajstić information content (AvgIpc) is 3.09. The van der Waals surface area contributed by atoms with Gasteiger partial charge in [0.05, 0.1) is 11.7 Å². The number of nitrogens with one attached hydrogen (secondary N) is 1. The molecule has 1 unspecified atom stereocenters. The zero-order chi connectivity index (χ0) is 12.8. The number of amides is 1. The molecule has 18 heavy (non-hydrogen) atoms. The van der Waals surface area contributed by atoms with E-state index < -0.39 is 0 Å². The second-order valence-corrected chi connectivity index (χ2v) is 6.43. The molecule has 1 N–H and O–H groups in total. The van der Waals surface area contributed by atoms with Crippen LogP contribution in [0.15, 0.2) is 0 Å². The maximum Gasteiger partial charge on any atom is 0.244 e. The van der Waals surface area contributed by atoms with Gasteiger partial charge in [0, 0.05) is 19.8 Å². The predicted octanol–water partition coefficient (Wildman–Crippen LogP) is 1.36. The molecule has 1 saturated carbocycles. The van der Waals surface area contributed by atoms with Crippen molar-refractivity contribution in [2.75, 3.05) is 19.8 Å². The minimum atomic E-state index is -0.167. The van der Waals surface area contributed by atoms with Crippen LogP contribution in [0.3, 0.4) is 0 Å². The summed E-state index contributed by atoms with van der Waals surface area (Å²) in [6.07, 6.45) is 4.49. The molecule has 0 aromatic rings. The monoisotopic (exact) mass is 252 g/mol. The Labute approximate surface area is 109 Å². The van der Waals surface area contributed by atoms with E-state index in [9.17, 15) is 4.79 Å². The second-order valence-electron chi connectivity index (χ2n) is 6.43. The van der Waals surface area contributed by atoms with E-state index in [1.54, 1.807) is 0 Å². The molecular weight excluding hydrogens is 228 g/mol. The molecule has 2 heterocycles. The van der Waals surface area contributed by atoms with Crippen LogP contribution in [0, 0.1) is 11.8 Å². The summed E-state index contributed by atoms with van der Waals surface area (Å²) in [6.45, 7) is 7.03. The predicted molar refractivity (Wildman–Crippen MR) is 69.0 cm³/mol. The first-order valence-electron chi connectivity index (χ1n) is 7.29. The Morgan fingerprint density at radius 2 is 2.06 bits per heavy atom. The number of rotatable bonds is 3. The van der Waals surface area contributed by atoms with Crippen molar-refractivity contribution in [2.24, 2.45) is 11.8 Å². The van der Waals surface area contributed by atoms with E-state index in [-0.39, 0.29) is 11.7 Å². The van der Waals surface area contributed by atoms with Gasteiger partial charge in [0.2, 0.25) is 5.91 Å². The zero-order valence-electron chi connectivity index (χ0n) is 11.4. The Balaban J connectivity index is 1.69. The molecule has 102 valence electrons. The summed E-state index contributed by atoms with van der Waals surface area (Å²) in [5.41, 5.74) is -0.167. The molecule has 2 saturated heterocycles. The molecule has 1 aliphatic carbocycles. The molecule has 2 aliphatic heterocycles. The van der Waals surface area contributed by atoms with Crippen LogP contribution < -0.4 is 5.32 Å². The second kappa shape index (κ2) is 4.49. The lowest BCUT2D eigenvalue weighted by atomic mass is 9.98. The molecule has 3 fully saturated rings. The van der Waals surface area contributed by atoms with Crippen LogP contribution in [0.2, 0.25) is 0 Å². The van der Waals surface area contributed by atoms with Crippen LogP contribution in [0.4, 0.5) is 0 Å². The number of carbonyl (C=O) groups is 1. The third-order valence-corrected chi connectivity index (χ3v) is 4.61. The van der Waals surface area contributed by atoms with Crippen LogP contribution in [-0.2, 0) is 9.53 Å². The number of hydrogen-bond acceptors (Lipinski definition) is 3. The molecule has 4 heteroatoms. The Morgan fingerprint density at radius 3 is 2.61 bits per heavy atom. The van der Waals surface area contributed by atoms with Crippen LogP contribution in [-0.4, -0.2) is 42.3 Å². The van der Waals surface area contributed by atoms with Crippen LogP contribution >= 0.6 is 0 Å². The fourth-order valence-corrected chi connectivity index (χ4v) is 3.24. The van der Waals surface area contributed by atoms with E-state index in [0.29, 0.717) is 17.7 Å². The SMILES string of the molecule is CC(C)C1NC2(CC2)C(=O)N1CC1CCOCC1. The van der Waals surface area contributed by atoms with Gasteiger partial charge in [0.25, 0.3) is 0 Å². The van der Waals surface area contributed by atoms with Crippen molar-refractivity contribution in [1.82, 2.24) is 10.2 Å². The van der Waals surface area contributed by atoms with Gasteiger partial charge >= 0.3 is 0 Å². The summed E-state index contributed by atoms with van der Waals surface area (Å²) in [4.78, 5) is 14.6. The van der Waals surface area contributed by atoms with E-state index in [4.69, 9.17) is 4.74 Å². The Morgan fingerprint density at radius 1 is 1.39 bits per heavy atom. The van der Waals surface area contributed by atoms with E-state index in [0.717, 1.165) is 45.4 Å². The fraction of sp³-hybridized carbons (Fsp3) is 0.929. The van der Waals surface area contributed by atoms with E-state index in [1.165, 1.54) is 0 Å². The number of nitrogens with zero attached hydrogens (tertiary/aromatic N) is 1. The minimum absolute atomic E-state index is 0.167. The lowest BCUT2D eigenvalue weighted by Gasteiger charge is -2.32. The molecule has 1 spiro atoms. The molecule has 1 amide bonds. The maximum absolute atomic E-state index is 12.5. The van der Waals surface area contributed by atoms with Crippen LogP contribution in [0.5, 0.6) is 0 Å². The van der Waals surface area contributed by atoms with E-state index in [2.05, 4.69) is 24.1 Å². The van der Waals surface area contributed by atoms with Gasteiger partial charge < -0.3 is 9.64 Å². The van der Waals surface area contributed by atoms with Crippen molar-refractivity contribution in [3.8, 4) is 0 Å². The third kappa shape index (κ3) is 2.05. The maximum atomic E-state index is 12.5. The third-order valence-electron chi connectivity index (χ3n) is 4.61. The van der Waals surface area contributed by atoms with Crippen molar-refractivity contribution < 1.29 is 9.53 Å². The van der Waals surface area contributed by atoms with Crippen LogP contribution in [0.1, 0.15) is 39.5 Å². The normalized spacial score (nSPS) is 31.6. The first-order valence-corrected chi connectivity index (χ1v) is 7.29. The van der Waals surface area contributed by atoms with E-state index >= 15 is 0 Å². The van der Waals surface area contributed by atoms with Gasteiger partial charge in [-0.3, -0.25) is 10.1 Å². The number of hydrogen-bond donors (Lipinski definition) is 1. The first kappa shape index (κ1) is 12.4. The Bertz CT molecular complexity index is 333. The van der Waals surface area contributed by atoms with Crippen molar-refractivity contribution >= 4 is 5.91 Å². The molecule has 1 atom stereocenters. The van der Waals surface area contributed by atoms with Crippen LogP contribution in [0.25, 0.3) is 0 Å². The highest BCUT2D eigenvalue weighted by atomic mass is 16.5. The summed E-state index contributed by atoms with van der Waals surface area (Å²) in [6, 6.07) is 0. The molecular formula is C14H24N2O2. The summed E-state index contributed by atoms with van der Waals surface area (Å²) >= 11 is 0. The van der Waals surface area contributed by atoms with Gasteiger partial charge in [-0.1, -0.05) is 13.8 Å². The minimum Gasteiger partial charge on any atom is -0.381 e. The average molecular weight is 252 g/mol. The van der Waals surface area contributed by atoms with Crippen molar-refractivity contribution in [3.63, 3.8) is 0 Å². The van der Waals surface area contributed by atoms with Gasteiger partial charge in [-0.25, -0.2) is 0 Å². The summed E-state index contributed by atoms with van der Waals surface area (Å²) in [5, 5.41) is 3.58. The Kier molecular flexibility index (Phi) is 3.10. The van der Waals surface area contributed by atoms with Crippen molar-refractivity contribution in [2.45, 2.75) is 51.2 Å². The highest BCUT2D eigenvalue weighted by Crippen LogP contribution is 2.43. The molecule has 0 radical (unpaired) electrons. The van der Waals surface area contributed by atoms with Gasteiger partial charge in [-0.15, -0.1) is 0 Å². The molecule has 3 rings (SSSR count). The highest BCUT2D eigenvalue weighted by molar-refractivity contribution is 5.91. The van der Waals surface area contributed by atoms with Gasteiger partial charge in [-0.2, -0.15) is 0 Å². The molecule has 3 aliphatic rings. The standard InChI is InChI=1S/C14H24N2O2/c1-10(2)12-15-14(5-6-14)13(17)16(12)9-11-3-7-18-8-4-11/h10-12,15H,3-9H2,1-2H3. The van der Waals surface area contributed by atoms with Crippen molar-refractivity contribution in [3.05, 3.63) is 0 Å².